The van der Waals surface area contributed by atoms with E-state index in [0.717, 1.165) is 22.4 Å². The number of fused-ring (bicyclic) bond motifs is 1. The number of rotatable bonds is 6. The van der Waals surface area contributed by atoms with Crippen molar-refractivity contribution in [3.05, 3.63) is 53.1 Å². The summed E-state index contributed by atoms with van der Waals surface area (Å²) in [5, 5.41) is 28.7. The fraction of sp³-hybridized carbons (Fsp3) is 0.414. The summed E-state index contributed by atoms with van der Waals surface area (Å²) in [6, 6.07) is 13.0. The largest absolute Gasteiger partial charge is 0.465 e. The summed E-state index contributed by atoms with van der Waals surface area (Å²) in [4.78, 5) is 30.9. The number of nitriles is 1. The van der Waals surface area contributed by atoms with Gasteiger partial charge in [-0.15, -0.1) is 0 Å². The molecule has 3 aromatic rings. The van der Waals surface area contributed by atoms with E-state index in [4.69, 9.17) is 4.52 Å². The van der Waals surface area contributed by atoms with Crippen molar-refractivity contribution in [1.29, 1.82) is 5.26 Å². The number of hydrogen-bond acceptors (Lipinski definition) is 7. The molecule has 204 valence electrons. The van der Waals surface area contributed by atoms with E-state index in [1.807, 2.05) is 65.0 Å². The summed E-state index contributed by atoms with van der Waals surface area (Å²) in [5.74, 6) is 0.543. The molecule has 10 heteroatoms. The number of carboxylic acid groups (broad SMARTS) is 1. The third-order valence-corrected chi connectivity index (χ3v) is 6.72. The van der Waals surface area contributed by atoms with Crippen LogP contribution in [0.5, 0.6) is 0 Å². The average molecular weight is 531 g/mol. The third kappa shape index (κ3) is 6.37. The molecule has 1 atom stereocenters. The second-order valence-electron chi connectivity index (χ2n) is 11.2. The first kappa shape index (κ1) is 27.6. The molecule has 1 unspecified atom stereocenters. The first-order chi connectivity index (χ1) is 18.5. The highest BCUT2D eigenvalue weighted by molar-refractivity contribution is 5.86. The number of aromatic nitrogens is 2. The first-order valence-electron chi connectivity index (χ1n) is 13.0. The van der Waals surface area contributed by atoms with Crippen LogP contribution in [-0.4, -0.2) is 57.3 Å². The lowest BCUT2D eigenvalue weighted by atomic mass is 9.86. The van der Waals surface area contributed by atoms with Gasteiger partial charge in [0.05, 0.1) is 11.3 Å². The highest BCUT2D eigenvalue weighted by Gasteiger charge is 2.36. The molecule has 0 radical (unpaired) electrons. The summed E-state index contributed by atoms with van der Waals surface area (Å²) in [5.41, 5.74) is 4.36. The van der Waals surface area contributed by atoms with Crippen molar-refractivity contribution in [2.24, 2.45) is 5.41 Å². The van der Waals surface area contributed by atoms with Gasteiger partial charge in [0.25, 0.3) is 5.89 Å². The van der Waals surface area contributed by atoms with Gasteiger partial charge in [-0.05, 0) is 67.5 Å². The molecular weight excluding hydrogens is 496 g/mol. The van der Waals surface area contributed by atoms with Crippen LogP contribution in [0.1, 0.15) is 51.3 Å². The fourth-order valence-corrected chi connectivity index (χ4v) is 4.70. The van der Waals surface area contributed by atoms with E-state index in [9.17, 15) is 20.0 Å². The van der Waals surface area contributed by atoms with E-state index in [-0.39, 0.29) is 11.9 Å². The van der Waals surface area contributed by atoms with Crippen LogP contribution in [0.3, 0.4) is 0 Å². The van der Waals surface area contributed by atoms with Crippen LogP contribution in [0, 0.1) is 16.7 Å². The molecule has 10 nitrogen and oxygen atoms in total. The molecule has 2 aromatic carbocycles. The number of anilines is 1. The van der Waals surface area contributed by atoms with Crippen molar-refractivity contribution in [1.82, 2.24) is 20.4 Å². The average Bonchev–Trinajstić information content (AvgIpc) is 3.27. The van der Waals surface area contributed by atoms with Gasteiger partial charge in [0.1, 0.15) is 12.1 Å². The van der Waals surface area contributed by atoms with Crippen LogP contribution in [0.15, 0.2) is 40.9 Å². The van der Waals surface area contributed by atoms with Crippen molar-refractivity contribution in [2.75, 3.05) is 18.4 Å². The van der Waals surface area contributed by atoms with Crippen LogP contribution in [0.25, 0.3) is 22.8 Å². The SMILES string of the molecule is CC(C)Nc1ccc(-c2nc(-c3ccc4c(c3)CCN(C(=O)C(NC(=O)O)C(C)(C)C)CC4)no2)cc1C#N. The number of benzene rings is 2. The second kappa shape index (κ2) is 11.2. The molecule has 0 saturated heterocycles. The summed E-state index contributed by atoms with van der Waals surface area (Å²) >= 11 is 0. The van der Waals surface area contributed by atoms with Crippen molar-refractivity contribution >= 4 is 17.7 Å². The van der Waals surface area contributed by atoms with Crippen molar-refractivity contribution in [3.8, 4) is 28.9 Å². The standard InChI is InChI=1S/C29H34N6O4/c1-17(2)31-23-9-8-21(15-22(23)16-30)26-33-25(34-39-26)20-7-6-18-10-12-35(13-11-19(18)14-20)27(36)24(29(3,4)5)32-28(37)38/h6-9,14-15,17,24,31-32H,10-13H2,1-5H3,(H,37,38). The molecule has 1 aliphatic rings. The van der Waals surface area contributed by atoms with Gasteiger partial charge >= 0.3 is 6.09 Å². The minimum atomic E-state index is -1.21. The quantitative estimate of drug-likeness (QED) is 0.416. The van der Waals surface area contributed by atoms with E-state index in [1.165, 1.54) is 0 Å². The smallest absolute Gasteiger partial charge is 0.405 e. The van der Waals surface area contributed by atoms with E-state index in [2.05, 4.69) is 26.8 Å². The number of hydrogen-bond donors (Lipinski definition) is 3. The van der Waals surface area contributed by atoms with Crippen LogP contribution >= 0.6 is 0 Å². The molecule has 3 N–H and O–H groups in total. The van der Waals surface area contributed by atoms with E-state index in [0.29, 0.717) is 48.8 Å². The molecule has 2 amide bonds. The van der Waals surface area contributed by atoms with Crippen LogP contribution in [0.4, 0.5) is 10.5 Å². The fourth-order valence-electron chi connectivity index (χ4n) is 4.70. The zero-order valence-corrected chi connectivity index (χ0v) is 22.9. The van der Waals surface area contributed by atoms with Crippen molar-refractivity contribution < 1.29 is 19.2 Å². The molecule has 1 aromatic heterocycles. The Labute approximate surface area is 228 Å². The Bertz CT molecular complexity index is 1420. The summed E-state index contributed by atoms with van der Waals surface area (Å²) < 4.78 is 5.53. The van der Waals surface area contributed by atoms with Gasteiger partial charge in [0, 0.05) is 30.3 Å². The molecule has 2 heterocycles. The lowest BCUT2D eigenvalue weighted by Crippen LogP contribution is -2.54. The van der Waals surface area contributed by atoms with Gasteiger partial charge in [0.2, 0.25) is 11.7 Å². The van der Waals surface area contributed by atoms with Gasteiger partial charge in [-0.1, -0.05) is 38.1 Å². The Balaban J connectivity index is 1.52. The Morgan fingerprint density at radius 3 is 2.41 bits per heavy atom. The summed E-state index contributed by atoms with van der Waals surface area (Å²) in [6.07, 6.45) is 0.0769. The molecule has 0 aliphatic carbocycles. The molecule has 1 aliphatic heterocycles. The second-order valence-corrected chi connectivity index (χ2v) is 11.2. The zero-order chi connectivity index (χ0) is 28.3. The first-order valence-corrected chi connectivity index (χ1v) is 13.0. The molecule has 0 bridgehead atoms. The molecule has 0 spiro atoms. The molecular formula is C29H34N6O4. The Morgan fingerprint density at radius 1 is 1.08 bits per heavy atom. The predicted octanol–water partition coefficient (Wildman–Crippen LogP) is 4.71. The van der Waals surface area contributed by atoms with Gasteiger partial charge < -0.3 is 25.2 Å². The highest BCUT2D eigenvalue weighted by Crippen LogP contribution is 2.29. The Kier molecular flexibility index (Phi) is 7.90. The van der Waals surface area contributed by atoms with Crippen LogP contribution in [-0.2, 0) is 17.6 Å². The number of amides is 2. The normalized spacial score (nSPS) is 14.2. The van der Waals surface area contributed by atoms with E-state index in [1.54, 1.807) is 11.0 Å². The summed E-state index contributed by atoms with van der Waals surface area (Å²) in [6.45, 7) is 10.6. The Hall–Kier alpha value is -4.39. The molecule has 39 heavy (non-hydrogen) atoms. The number of nitrogens with zero attached hydrogens (tertiary/aromatic N) is 4. The minimum Gasteiger partial charge on any atom is -0.465 e. The third-order valence-electron chi connectivity index (χ3n) is 6.72. The summed E-state index contributed by atoms with van der Waals surface area (Å²) in [7, 11) is 0. The maximum Gasteiger partial charge on any atom is 0.405 e. The number of nitrogens with one attached hydrogen (secondary N) is 2. The van der Waals surface area contributed by atoms with Crippen LogP contribution < -0.4 is 10.6 Å². The zero-order valence-electron chi connectivity index (χ0n) is 22.9. The lowest BCUT2D eigenvalue weighted by Gasteiger charge is -2.33. The van der Waals surface area contributed by atoms with Crippen molar-refractivity contribution in [2.45, 2.75) is 59.5 Å². The van der Waals surface area contributed by atoms with Crippen LogP contribution in [0.2, 0.25) is 0 Å². The van der Waals surface area contributed by atoms with Crippen molar-refractivity contribution in [3.63, 3.8) is 0 Å². The van der Waals surface area contributed by atoms with Gasteiger partial charge in [-0.3, -0.25) is 4.79 Å². The molecule has 0 saturated carbocycles. The highest BCUT2D eigenvalue weighted by atomic mass is 16.5. The molecule has 4 rings (SSSR count). The predicted molar refractivity (Wildman–Crippen MR) is 147 cm³/mol. The monoisotopic (exact) mass is 530 g/mol. The number of carbonyl (C=O) groups excluding carboxylic acids is 1. The van der Waals surface area contributed by atoms with Gasteiger partial charge in [-0.2, -0.15) is 10.2 Å². The van der Waals surface area contributed by atoms with E-state index >= 15 is 0 Å². The maximum atomic E-state index is 13.3. The lowest BCUT2D eigenvalue weighted by molar-refractivity contribution is -0.135. The van der Waals surface area contributed by atoms with E-state index < -0.39 is 17.6 Å². The Morgan fingerprint density at radius 2 is 1.77 bits per heavy atom. The number of carbonyl (C=O) groups is 2. The minimum absolute atomic E-state index is 0.192. The van der Waals surface area contributed by atoms with Gasteiger partial charge in [-0.25, -0.2) is 4.79 Å². The maximum absolute atomic E-state index is 13.3. The molecule has 0 fully saturated rings. The topological polar surface area (TPSA) is 144 Å². The van der Waals surface area contributed by atoms with Gasteiger partial charge in [0.15, 0.2) is 0 Å².